The molecule has 0 N–H and O–H groups in total. The van der Waals surface area contributed by atoms with Crippen LogP contribution in [0.2, 0.25) is 0 Å². The number of rotatable bonds is 2. The van der Waals surface area contributed by atoms with Gasteiger partial charge in [-0.1, -0.05) is 24.3 Å². The molecule has 8 heteroatoms. The average molecular weight is 474 g/mol. The van der Waals surface area contributed by atoms with Gasteiger partial charge in [0.1, 0.15) is 0 Å². The van der Waals surface area contributed by atoms with E-state index in [2.05, 4.69) is 0 Å². The summed E-state index contributed by atoms with van der Waals surface area (Å²) in [7, 11) is 0. The highest BCUT2D eigenvalue weighted by Crippen LogP contribution is 2.45. The standard InChI is InChI=1S/C26H10F8/c27-17-9-15-16(10-18(17)28)24(12-7-21(31)26(34)22(32)8-12)14-4-2-1-3-13(14)23(15)11-5-19(29)25(33)20(30)6-11/h1-10H. The molecular weight excluding hydrogens is 464 g/mol. The van der Waals surface area contributed by atoms with Gasteiger partial charge in [0.15, 0.2) is 46.5 Å². The third-order valence-electron chi connectivity index (χ3n) is 5.61. The zero-order valence-corrected chi connectivity index (χ0v) is 16.8. The SMILES string of the molecule is Fc1cc2c(-c3cc(F)c(F)c(F)c3)c3ccccc3c(-c3cc(F)c(F)c(F)c3)c2cc1F. The van der Waals surface area contributed by atoms with Gasteiger partial charge in [-0.15, -0.1) is 0 Å². The lowest BCUT2D eigenvalue weighted by Gasteiger charge is -2.18. The average Bonchev–Trinajstić information content (AvgIpc) is 2.80. The number of benzene rings is 5. The smallest absolute Gasteiger partial charge is 0.194 e. The first-order chi connectivity index (χ1) is 16.2. The van der Waals surface area contributed by atoms with Gasteiger partial charge < -0.3 is 0 Å². The molecule has 0 saturated carbocycles. The lowest BCUT2D eigenvalue weighted by molar-refractivity contribution is 0.447. The van der Waals surface area contributed by atoms with E-state index in [1.165, 1.54) is 12.1 Å². The van der Waals surface area contributed by atoms with Crippen molar-refractivity contribution in [3.8, 4) is 22.3 Å². The summed E-state index contributed by atoms with van der Waals surface area (Å²) in [6.07, 6.45) is 0. The normalized spacial score (nSPS) is 11.5. The highest BCUT2D eigenvalue weighted by molar-refractivity contribution is 6.21. The fourth-order valence-corrected chi connectivity index (χ4v) is 4.19. The molecule has 5 aromatic rings. The van der Waals surface area contributed by atoms with E-state index in [9.17, 15) is 35.1 Å². The van der Waals surface area contributed by atoms with E-state index >= 15 is 0 Å². The predicted molar refractivity (Wildman–Crippen MR) is 112 cm³/mol. The molecule has 34 heavy (non-hydrogen) atoms. The fourth-order valence-electron chi connectivity index (χ4n) is 4.19. The summed E-state index contributed by atoms with van der Waals surface area (Å²) in [4.78, 5) is 0. The maximum Gasteiger partial charge on any atom is 0.194 e. The minimum atomic E-state index is -1.71. The van der Waals surface area contributed by atoms with Crippen LogP contribution in [-0.2, 0) is 0 Å². The molecule has 0 fully saturated rings. The van der Waals surface area contributed by atoms with Crippen LogP contribution in [0.1, 0.15) is 0 Å². The Balaban J connectivity index is 2.02. The molecule has 0 aromatic heterocycles. The minimum absolute atomic E-state index is 0.0362. The van der Waals surface area contributed by atoms with Crippen LogP contribution in [0.25, 0.3) is 43.8 Å². The van der Waals surface area contributed by atoms with Crippen LogP contribution in [0.3, 0.4) is 0 Å². The fraction of sp³-hybridized carbons (Fsp3) is 0. The first-order valence-corrected chi connectivity index (χ1v) is 9.80. The third-order valence-corrected chi connectivity index (χ3v) is 5.61. The second-order valence-corrected chi connectivity index (χ2v) is 7.62. The van der Waals surface area contributed by atoms with Crippen molar-refractivity contribution in [2.24, 2.45) is 0 Å². The Morgan fingerprint density at radius 3 is 1.00 bits per heavy atom. The van der Waals surface area contributed by atoms with E-state index in [1.807, 2.05) is 0 Å². The van der Waals surface area contributed by atoms with Gasteiger partial charge in [0, 0.05) is 0 Å². The van der Waals surface area contributed by atoms with Crippen molar-refractivity contribution in [1.82, 2.24) is 0 Å². The van der Waals surface area contributed by atoms with Crippen LogP contribution in [0.4, 0.5) is 35.1 Å². The Morgan fingerprint density at radius 1 is 0.353 bits per heavy atom. The van der Waals surface area contributed by atoms with Gasteiger partial charge in [0.2, 0.25) is 0 Å². The maximum atomic E-state index is 14.3. The second kappa shape index (κ2) is 7.83. The highest BCUT2D eigenvalue weighted by Gasteiger charge is 2.22. The molecule has 0 aliphatic carbocycles. The van der Waals surface area contributed by atoms with E-state index in [0.29, 0.717) is 24.3 Å². The van der Waals surface area contributed by atoms with E-state index in [0.717, 1.165) is 12.1 Å². The molecule has 0 spiro atoms. The molecule has 0 bridgehead atoms. The largest absolute Gasteiger partial charge is 0.204 e. The summed E-state index contributed by atoms with van der Waals surface area (Å²) in [6.45, 7) is 0. The Morgan fingerprint density at radius 2 is 0.676 bits per heavy atom. The molecule has 0 aliphatic heterocycles. The lowest BCUT2D eigenvalue weighted by Crippen LogP contribution is -1.98. The Labute approximate surface area is 186 Å². The summed E-state index contributed by atoms with van der Waals surface area (Å²) in [5.74, 6) is -12.0. The van der Waals surface area contributed by atoms with Crippen molar-refractivity contribution in [2.45, 2.75) is 0 Å². The highest BCUT2D eigenvalue weighted by atomic mass is 19.2. The van der Waals surface area contributed by atoms with Crippen molar-refractivity contribution in [1.29, 1.82) is 0 Å². The van der Waals surface area contributed by atoms with Gasteiger partial charge in [-0.25, -0.2) is 35.1 Å². The Hall–Kier alpha value is -3.94. The van der Waals surface area contributed by atoms with Crippen LogP contribution in [0.5, 0.6) is 0 Å². The number of fused-ring (bicyclic) bond motifs is 2. The molecule has 5 rings (SSSR count). The summed E-state index contributed by atoms with van der Waals surface area (Å²) >= 11 is 0. The van der Waals surface area contributed by atoms with Crippen LogP contribution in [0.15, 0.2) is 60.7 Å². The predicted octanol–water partition coefficient (Wildman–Crippen LogP) is 8.44. The van der Waals surface area contributed by atoms with Gasteiger partial charge in [-0.3, -0.25) is 0 Å². The number of hydrogen-bond acceptors (Lipinski definition) is 0. The summed E-state index contributed by atoms with van der Waals surface area (Å²) < 4.78 is 112. The van der Waals surface area contributed by atoms with Crippen LogP contribution in [0, 0.1) is 46.5 Å². The molecule has 0 atom stereocenters. The molecule has 170 valence electrons. The van der Waals surface area contributed by atoms with Gasteiger partial charge in [0.25, 0.3) is 0 Å². The van der Waals surface area contributed by atoms with E-state index in [4.69, 9.17) is 0 Å². The molecule has 0 radical (unpaired) electrons. The topological polar surface area (TPSA) is 0 Å². The second-order valence-electron chi connectivity index (χ2n) is 7.62. The zero-order valence-electron chi connectivity index (χ0n) is 16.8. The summed E-state index contributed by atoms with van der Waals surface area (Å²) in [6, 6.07) is 10.4. The van der Waals surface area contributed by atoms with Gasteiger partial charge in [-0.2, -0.15) is 0 Å². The molecular formula is C26H10F8. The third kappa shape index (κ3) is 3.29. The quantitative estimate of drug-likeness (QED) is 0.137. The van der Waals surface area contributed by atoms with Crippen molar-refractivity contribution in [3.05, 3.63) is 107 Å². The summed E-state index contributed by atoms with van der Waals surface area (Å²) in [5.41, 5.74) is -0.276. The molecule has 5 aromatic carbocycles. The van der Waals surface area contributed by atoms with Crippen LogP contribution < -0.4 is 0 Å². The molecule has 0 unspecified atom stereocenters. The van der Waals surface area contributed by atoms with Crippen molar-refractivity contribution in [3.63, 3.8) is 0 Å². The van der Waals surface area contributed by atoms with Crippen LogP contribution in [-0.4, -0.2) is 0 Å². The Kier molecular flexibility index (Phi) is 5.04. The van der Waals surface area contributed by atoms with E-state index in [-0.39, 0.29) is 43.8 Å². The van der Waals surface area contributed by atoms with Crippen LogP contribution >= 0.6 is 0 Å². The Bertz CT molecular complexity index is 1470. The molecule has 0 amide bonds. The van der Waals surface area contributed by atoms with E-state index < -0.39 is 46.5 Å². The van der Waals surface area contributed by atoms with E-state index in [1.54, 1.807) is 12.1 Å². The first kappa shape index (κ1) is 21.9. The monoisotopic (exact) mass is 474 g/mol. The zero-order chi connectivity index (χ0) is 24.3. The van der Waals surface area contributed by atoms with Crippen molar-refractivity contribution in [2.75, 3.05) is 0 Å². The van der Waals surface area contributed by atoms with Gasteiger partial charge >= 0.3 is 0 Å². The van der Waals surface area contributed by atoms with Gasteiger partial charge in [0.05, 0.1) is 0 Å². The van der Waals surface area contributed by atoms with Crippen molar-refractivity contribution >= 4 is 21.5 Å². The molecule has 0 heterocycles. The number of halogens is 8. The molecule has 0 saturated heterocycles. The van der Waals surface area contributed by atoms with Gasteiger partial charge in [-0.05, 0) is 80.2 Å². The minimum Gasteiger partial charge on any atom is -0.204 e. The first-order valence-electron chi connectivity index (χ1n) is 9.80. The number of hydrogen-bond donors (Lipinski definition) is 0. The lowest BCUT2D eigenvalue weighted by atomic mass is 9.85. The summed E-state index contributed by atoms with van der Waals surface area (Å²) in [5, 5.41) is 0.351. The molecule has 0 aliphatic rings. The molecule has 0 nitrogen and oxygen atoms in total. The maximum absolute atomic E-state index is 14.3. The van der Waals surface area contributed by atoms with Crippen molar-refractivity contribution < 1.29 is 35.1 Å².